The Kier molecular flexibility index (Phi) is 7.84. The Morgan fingerprint density at radius 2 is 1.87 bits per heavy atom. The molecule has 1 saturated heterocycles. The summed E-state index contributed by atoms with van der Waals surface area (Å²) in [5.41, 5.74) is 0.212. The van der Waals surface area contributed by atoms with Gasteiger partial charge in [-0.15, -0.1) is 0 Å². The van der Waals surface area contributed by atoms with Gasteiger partial charge in [-0.25, -0.2) is 27.5 Å². The predicted octanol–water partition coefficient (Wildman–Crippen LogP) is 5.32. The van der Waals surface area contributed by atoms with Crippen molar-refractivity contribution in [2.24, 2.45) is 0 Å². The van der Waals surface area contributed by atoms with Gasteiger partial charge >= 0.3 is 5.69 Å². The number of piperazine rings is 1. The highest BCUT2D eigenvalue weighted by atomic mass is 19.2. The van der Waals surface area contributed by atoms with Crippen LogP contribution in [0.15, 0.2) is 47.9 Å². The highest BCUT2D eigenvalue weighted by Crippen LogP contribution is 2.39. The molecule has 0 unspecified atom stereocenters. The van der Waals surface area contributed by atoms with E-state index in [1.54, 1.807) is 11.1 Å². The van der Waals surface area contributed by atoms with E-state index in [-0.39, 0.29) is 53.1 Å². The van der Waals surface area contributed by atoms with Crippen molar-refractivity contribution in [2.45, 2.75) is 58.5 Å². The number of amides is 1. The number of benzene rings is 1. The summed E-state index contributed by atoms with van der Waals surface area (Å²) in [4.78, 5) is 43.9. The first-order valence-corrected chi connectivity index (χ1v) is 14.9. The van der Waals surface area contributed by atoms with Crippen molar-refractivity contribution in [3.05, 3.63) is 82.3 Å². The molecular formula is C33H33F3N6O3. The van der Waals surface area contributed by atoms with Crippen molar-refractivity contribution < 1.29 is 22.7 Å². The van der Waals surface area contributed by atoms with Crippen LogP contribution in [0.4, 0.5) is 19.0 Å². The number of carbonyl (C=O) groups is 1. The molecule has 3 aromatic heterocycles. The third kappa shape index (κ3) is 5.11. The molecule has 12 heteroatoms. The summed E-state index contributed by atoms with van der Waals surface area (Å²) in [6, 6.07) is 4.54. The number of anilines is 1. The predicted molar refractivity (Wildman–Crippen MR) is 164 cm³/mol. The van der Waals surface area contributed by atoms with E-state index in [1.807, 2.05) is 38.7 Å². The van der Waals surface area contributed by atoms with Gasteiger partial charge < -0.3 is 14.5 Å². The number of halogens is 3. The molecule has 2 aliphatic heterocycles. The summed E-state index contributed by atoms with van der Waals surface area (Å²) in [7, 11) is 0. The molecule has 2 atom stereocenters. The summed E-state index contributed by atoms with van der Waals surface area (Å²) in [5.74, 6) is -3.67. The van der Waals surface area contributed by atoms with E-state index < -0.39 is 34.4 Å². The third-order valence-corrected chi connectivity index (χ3v) is 8.47. The maximum atomic E-state index is 16.2. The zero-order valence-electron chi connectivity index (χ0n) is 25.5. The number of aromatic nitrogens is 4. The molecule has 0 N–H and O–H groups in total. The molecule has 2 aliphatic rings. The number of ether oxygens (including phenoxy) is 1. The maximum Gasteiger partial charge on any atom is 0.355 e. The summed E-state index contributed by atoms with van der Waals surface area (Å²) >= 11 is 0. The van der Waals surface area contributed by atoms with Gasteiger partial charge in [-0.1, -0.05) is 20.4 Å². The molecule has 45 heavy (non-hydrogen) atoms. The van der Waals surface area contributed by atoms with Gasteiger partial charge in [0.15, 0.2) is 23.1 Å². The number of aryl methyl sites for hydroxylation is 1. The van der Waals surface area contributed by atoms with Crippen molar-refractivity contribution >= 4 is 22.8 Å². The lowest BCUT2D eigenvalue weighted by molar-refractivity contribution is -0.128. The number of rotatable bonds is 3. The molecule has 2 bridgehead atoms. The molecule has 0 spiro atoms. The van der Waals surface area contributed by atoms with Crippen LogP contribution in [0.3, 0.4) is 0 Å². The number of carbonyl (C=O) groups excluding carboxylic acids is 1. The van der Waals surface area contributed by atoms with E-state index >= 15 is 8.78 Å². The van der Waals surface area contributed by atoms with Gasteiger partial charge in [-0.05, 0) is 68.5 Å². The largest absolute Gasteiger partial charge is 0.493 e. The fourth-order valence-electron chi connectivity index (χ4n) is 6.26. The van der Waals surface area contributed by atoms with Crippen molar-refractivity contribution in [3.63, 3.8) is 0 Å². The summed E-state index contributed by atoms with van der Waals surface area (Å²) < 4.78 is 53.4. The van der Waals surface area contributed by atoms with Crippen LogP contribution in [0.2, 0.25) is 0 Å². The normalized spacial score (nSPS) is 18.2. The number of hydrogen-bond donors (Lipinski definition) is 0. The van der Waals surface area contributed by atoms with Gasteiger partial charge in [0.25, 0.3) is 0 Å². The van der Waals surface area contributed by atoms with Crippen LogP contribution >= 0.6 is 0 Å². The minimum Gasteiger partial charge on any atom is -0.493 e. The summed E-state index contributed by atoms with van der Waals surface area (Å²) in [6.45, 7) is 11.9. The van der Waals surface area contributed by atoms with Crippen LogP contribution in [0.1, 0.15) is 51.3 Å². The fraction of sp³-hybridized carbons (Fsp3) is 0.364. The Hall–Kier alpha value is -4.74. The van der Waals surface area contributed by atoms with Crippen LogP contribution in [-0.2, 0) is 11.2 Å². The van der Waals surface area contributed by atoms with Crippen LogP contribution in [0.5, 0.6) is 5.75 Å². The first-order valence-electron chi connectivity index (χ1n) is 14.9. The SMILES string of the molecule is C=CC(=O)N1C[C@H](C)N(c2nc(=O)n3c4nc(c(F)cc24)-c2c(ccc(F)c2F)OCCCc2ccnc(C(C)C)c2-3)C[C@H]1C. The smallest absolute Gasteiger partial charge is 0.355 e. The Labute approximate surface area is 258 Å². The highest BCUT2D eigenvalue weighted by molar-refractivity contribution is 5.92. The third-order valence-electron chi connectivity index (χ3n) is 8.47. The minimum atomic E-state index is -1.31. The fourth-order valence-corrected chi connectivity index (χ4v) is 6.26. The molecular weight excluding hydrogens is 585 g/mol. The number of hydrogen-bond acceptors (Lipinski definition) is 7. The topological polar surface area (TPSA) is 93.5 Å². The van der Waals surface area contributed by atoms with Crippen LogP contribution < -0.4 is 15.3 Å². The number of fused-ring (bicyclic) bond motifs is 5. The average Bonchev–Trinajstić information content (AvgIpc) is 3.01. The molecule has 1 aromatic carbocycles. The van der Waals surface area contributed by atoms with E-state index in [0.29, 0.717) is 37.3 Å². The van der Waals surface area contributed by atoms with Gasteiger partial charge in [-0.3, -0.25) is 9.78 Å². The van der Waals surface area contributed by atoms with Crippen molar-refractivity contribution in [2.75, 3.05) is 24.6 Å². The van der Waals surface area contributed by atoms with Gasteiger partial charge in [0.2, 0.25) is 5.91 Å². The second kappa shape index (κ2) is 11.6. The van der Waals surface area contributed by atoms with Crippen molar-refractivity contribution in [1.82, 2.24) is 24.4 Å². The summed E-state index contributed by atoms with van der Waals surface area (Å²) in [5, 5.41) is 0.194. The lowest BCUT2D eigenvalue weighted by Gasteiger charge is -2.44. The van der Waals surface area contributed by atoms with E-state index in [4.69, 9.17) is 4.74 Å². The van der Waals surface area contributed by atoms with Crippen molar-refractivity contribution in [3.8, 4) is 22.7 Å². The Bertz CT molecular complexity index is 1910. The van der Waals surface area contributed by atoms with E-state index in [2.05, 4.69) is 21.5 Å². The minimum absolute atomic E-state index is 0.0113. The lowest BCUT2D eigenvalue weighted by atomic mass is 10.0. The first kappa shape index (κ1) is 30.3. The van der Waals surface area contributed by atoms with Gasteiger partial charge in [0.05, 0.1) is 28.9 Å². The molecule has 0 aliphatic carbocycles. The quantitative estimate of drug-likeness (QED) is 0.287. The average molecular weight is 619 g/mol. The van der Waals surface area contributed by atoms with Gasteiger partial charge in [0.1, 0.15) is 17.3 Å². The molecule has 1 fully saturated rings. The van der Waals surface area contributed by atoms with E-state index in [1.165, 1.54) is 16.7 Å². The molecule has 1 amide bonds. The van der Waals surface area contributed by atoms with Crippen LogP contribution in [0, 0.1) is 17.5 Å². The van der Waals surface area contributed by atoms with E-state index in [0.717, 1.165) is 17.7 Å². The second-order valence-corrected chi connectivity index (χ2v) is 11.8. The molecule has 0 saturated carbocycles. The van der Waals surface area contributed by atoms with Crippen LogP contribution in [-0.4, -0.2) is 62.1 Å². The molecule has 234 valence electrons. The zero-order chi connectivity index (χ0) is 32.2. The summed E-state index contributed by atoms with van der Waals surface area (Å²) in [6.07, 6.45) is 3.86. The van der Waals surface area contributed by atoms with Crippen LogP contribution in [0.25, 0.3) is 28.0 Å². The number of nitrogens with zero attached hydrogens (tertiary/aromatic N) is 6. The van der Waals surface area contributed by atoms with E-state index in [9.17, 15) is 14.0 Å². The molecule has 6 rings (SSSR count). The Morgan fingerprint density at radius 3 is 2.60 bits per heavy atom. The molecule has 4 aromatic rings. The standard InChI is InChI=1S/C33H33F3N6O3/c1-6-25(43)40-15-19(5)41(16-18(40)4)31-21-14-23(35)29-26-24(10-9-22(34)27(26)36)45-13-7-8-20-11-12-37-28(17(2)3)30(20)42(32(21)38-29)33(44)39-31/h6,9-12,14,17-19H,1,7-8,13,15-16H2,2-5H3/t18-,19+/m1/s1. The Balaban J connectivity index is 1.70. The van der Waals surface area contributed by atoms with Crippen molar-refractivity contribution in [1.29, 1.82) is 0 Å². The molecule has 9 nitrogen and oxygen atoms in total. The zero-order valence-corrected chi connectivity index (χ0v) is 25.5. The molecule has 5 heterocycles. The Morgan fingerprint density at radius 1 is 1.09 bits per heavy atom. The second-order valence-electron chi connectivity index (χ2n) is 11.8. The maximum absolute atomic E-state index is 16.2. The molecule has 0 radical (unpaired) electrons. The van der Waals surface area contributed by atoms with Gasteiger partial charge in [0, 0.05) is 31.4 Å². The monoisotopic (exact) mass is 618 g/mol. The van der Waals surface area contributed by atoms with Gasteiger partial charge in [-0.2, -0.15) is 4.98 Å². The lowest BCUT2D eigenvalue weighted by Crippen LogP contribution is -2.58. The first-order chi connectivity index (χ1) is 21.5. The number of pyridine rings is 2. The highest BCUT2D eigenvalue weighted by Gasteiger charge is 2.35.